The summed E-state index contributed by atoms with van der Waals surface area (Å²) in [5.74, 6) is -0.208. The van der Waals surface area contributed by atoms with Gasteiger partial charge in [-0.2, -0.15) is 0 Å². The zero-order chi connectivity index (χ0) is 18.4. The van der Waals surface area contributed by atoms with Crippen LogP contribution in [0.5, 0.6) is 0 Å². The van der Waals surface area contributed by atoms with E-state index < -0.39 is 12.1 Å². The first kappa shape index (κ1) is 18.3. The molecule has 0 radical (unpaired) electrons. The number of nitrogens with zero attached hydrogens (tertiary/aromatic N) is 2. The second kappa shape index (κ2) is 8.71. The molecule has 138 valence electrons. The first-order valence-electron chi connectivity index (χ1n) is 8.54. The lowest BCUT2D eigenvalue weighted by Crippen LogP contribution is -2.50. The fourth-order valence-corrected chi connectivity index (χ4v) is 3.15. The Balaban J connectivity index is 1.50. The summed E-state index contributed by atoms with van der Waals surface area (Å²) in [5, 5.41) is 6.24. The molecule has 1 unspecified atom stereocenters. The van der Waals surface area contributed by atoms with Crippen molar-refractivity contribution in [1.29, 1.82) is 0 Å². The summed E-state index contributed by atoms with van der Waals surface area (Å²) in [6, 6.07) is 8.67. The number of carbonyl (C=O) groups is 2. The van der Waals surface area contributed by atoms with E-state index in [1.807, 2.05) is 30.3 Å². The monoisotopic (exact) mass is 376 g/mol. The Labute approximate surface area is 157 Å². The molecule has 2 amide bonds. The summed E-state index contributed by atoms with van der Waals surface area (Å²) >= 11 is 6.00. The number of hydrogen-bond donors (Lipinski definition) is 2. The number of ether oxygens (including phenoxy) is 1. The second-order valence-corrected chi connectivity index (χ2v) is 6.51. The molecule has 1 aromatic carbocycles. The van der Waals surface area contributed by atoms with Gasteiger partial charge in [0.25, 0.3) is 0 Å². The zero-order valence-electron chi connectivity index (χ0n) is 14.2. The van der Waals surface area contributed by atoms with Crippen molar-refractivity contribution < 1.29 is 14.3 Å². The number of rotatable bonds is 5. The summed E-state index contributed by atoms with van der Waals surface area (Å²) in [5.41, 5.74) is 0.909. The molecule has 0 bridgehead atoms. The molecule has 1 saturated heterocycles. The average molecular weight is 377 g/mol. The highest BCUT2D eigenvalue weighted by molar-refractivity contribution is 6.66. The van der Waals surface area contributed by atoms with Crippen LogP contribution < -0.4 is 10.6 Å². The van der Waals surface area contributed by atoms with Crippen molar-refractivity contribution in [2.45, 2.75) is 31.5 Å². The smallest absolute Gasteiger partial charge is 0.410 e. The van der Waals surface area contributed by atoms with Crippen molar-refractivity contribution in [3.05, 3.63) is 48.3 Å². The molecule has 26 heavy (non-hydrogen) atoms. The van der Waals surface area contributed by atoms with E-state index in [2.05, 4.69) is 15.6 Å². The minimum Gasteiger partial charge on any atom is -0.445 e. The normalized spacial score (nSPS) is 21.7. The lowest BCUT2D eigenvalue weighted by Gasteiger charge is -2.25. The Morgan fingerprint density at radius 1 is 1.35 bits per heavy atom. The van der Waals surface area contributed by atoms with E-state index >= 15 is 0 Å². The Hall–Kier alpha value is -2.54. The van der Waals surface area contributed by atoms with Gasteiger partial charge in [-0.3, -0.25) is 9.69 Å². The van der Waals surface area contributed by atoms with E-state index in [0.29, 0.717) is 24.7 Å². The maximum Gasteiger partial charge on any atom is 0.410 e. The Morgan fingerprint density at radius 2 is 2.15 bits per heavy atom. The third-order valence-electron chi connectivity index (χ3n) is 4.33. The van der Waals surface area contributed by atoms with Gasteiger partial charge in [-0.05, 0) is 18.4 Å². The van der Waals surface area contributed by atoms with Crippen LogP contribution in [0.1, 0.15) is 18.4 Å². The highest BCUT2D eigenvalue weighted by Crippen LogP contribution is 2.19. The van der Waals surface area contributed by atoms with Crippen LogP contribution in [-0.2, 0) is 16.1 Å². The molecule has 2 heterocycles. The molecule has 2 atom stereocenters. The number of nitrogens with one attached hydrogen (secondary N) is 2. The van der Waals surface area contributed by atoms with Gasteiger partial charge >= 0.3 is 6.09 Å². The molecule has 7 nitrogen and oxygen atoms in total. The van der Waals surface area contributed by atoms with Crippen LogP contribution in [-0.4, -0.2) is 47.2 Å². The van der Waals surface area contributed by atoms with Crippen molar-refractivity contribution >= 4 is 28.8 Å². The highest BCUT2D eigenvalue weighted by Gasteiger charge is 2.35. The van der Waals surface area contributed by atoms with Crippen molar-refractivity contribution in [3.8, 4) is 0 Å². The Kier molecular flexibility index (Phi) is 6.12. The maximum atomic E-state index is 12.5. The van der Waals surface area contributed by atoms with Crippen LogP contribution in [0.2, 0.25) is 0 Å². The van der Waals surface area contributed by atoms with E-state index in [4.69, 9.17) is 16.3 Å². The van der Waals surface area contributed by atoms with E-state index in [9.17, 15) is 9.59 Å². The predicted octanol–water partition coefficient (Wildman–Crippen LogP) is 1.98. The first-order chi connectivity index (χ1) is 12.6. The summed E-state index contributed by atoms with van der Waals surface area (Å²) < 4.78 is 5.35. The standard InChI is InChI=1S/C18H21ClN4O3/c19-16-14(20-8-9-21-16)11-22-17(24)15-7-4-10-23(15)18(25)26-12-13-5-2-1-3-6-13/h1-3,5-6,8-9,14-15,20H,4,7,10-12H2,(H,22,24)/t14?,15-/m0/s1. The van der Waals surface area contributed by atoms with E-state index in [1.165, 1.54) is 4.90 Å². The molecular formula is C18H21ClN4O3. The number of hydrogen-bond acceptors (Lipinski definition) is 5. The molecule has 2 N–H and O–H groups in total. The molecular weight excluding hydrogens is 356 g/mol. The number of carbonyl (C=O) groups excluding carboxylic acids is 2. The summed E-state index contributed by atoms with van der Waals surface area (Å²) in [6.07, 6.45) is 4.15. The maximum absolute atomic E-state index is 12.5. The van der Waals surface area contributed by atoms with Crippen molar-refractivity contribution in [1.82, 2.24) is 15.5 Å². The third-order valence-corrected chi connectivity index (χ3v) is 4.69. The van der Waals surface area contributed by atoms with E-state index in [1.54, 1.807) is 12.4 Å². The van der Waals surface area contributed by atoms with E-state index in [-0.39, 0.29) is 18.6 Å². The fraction of sp³-hybridized carbons (Fsp3) is 0.389. The quantitative estimate of drug-likeness (QED) is 0.823. The summed E-state index contributed by atoms with van der Waals surface area (Å²) in [7, 11) is 0. The SMILES string of the molecule is O=C(NCC1NC=CN=C1Cl)[C@@H]1CCCN1C(=O)OCc1ccccc1. The Bertz CT molecular complexity index is 708. The van der Waals surface area contributed by atoms with Crippen LogP contribution in [0.4, 0.5) is 4.79 Å². The lowest BCUT2D eigenvalue weighted by atomic mass is 10.2. The van der Waals surface area contributed by atoms with Crippen LogP contribution >= 0.6 is 11.6 Å². The number of likely N-dealkylation sites (tertiary alicyclic amines) is 1. The second-order valence-electron chi connectivity index (χ2n) is 6.12. The molecule has 2 aliphatic rings. The number of amides is 2. The largest absolute Gasteiger partial charge is 0.445 e. The van der Waals surface area contributed by atoms with Gasteiger partial charge in [0, 0.05) is 25.5 Å². The number of halogens is 1. The Morgan fingerprint density at radius 3 is 2.92 bits per heavy atom. The zero-order valence-corrected chi connectivity index (χ0v) is 15.0. The van der Waals surface area contributed by atoms with Gasteiger partial charge in [-0.1, -0.05) is 41.9 Å². The molecule has 1 aromatic rings. The first-order valence-corrected chi connectivity index (χ1v) is 8.92. The number of aliphatic imine (C=N–C) groups is 1. The molecule has 0 saturated carbocycles. The van der Waals surface area contributed by atoms with Gasteiger partial charge in [-0.15, -0.1) is 0 Å². The molecule has 0 spiro atoms. The van der Waals surface area contributed by atoms with Gasteiger partial charge in [0.1, 0.15) is 17.8 Å². The molecule has 0 aliphatic carbocycles. The van der Waals surface area contributed by atoms with Gasteiger partial charge in [0.05, 0.1) is 6.04 Å². The number of benzene rings is 1. The summed E-state index contributed by atoms with van der Waals surface area (Å²) in [6.45, 7) is 1.00. The fourth-order valence-electron chi connectivity index (χ4n) is 2.95. The molecule has 1 fully saturated rings. The van der Waals surface area contributed by atoms with Crippen molar-refractivity contribution in [3.63, 3.8) is 0 Å². The van der Waals surface area contributed by atoms with Crippen LogP contribution in [0.25, 0.3) is 0 Å². The van der Waals surface area contributed by atoms with Gasteiger partial charge in [0.2, 0.25) is 5.91 Å². The van der Waals surface area contributed by atoms with Crippen molar-refractivity contribution in [2.24, 2.45) is 4.99 Å². The minimum atomic E-state index is -0.520. The average Bonchev–Trinajstić information content (AvgIpc) is 3.16. The molecule has 3 rings (SSSR count). The molecule has 2 aliphatic heterocycles. The summed E-state index contributed by atoms with van der Waals surface area (Å²) in [4.78, 5) is 30.3. The minimum absolute atomic E-state index is 0.189. The lowest BCUT2D eigenvalue weighted by molar-refractivity contribution is -0.125. The van der Waals surface area contributed by atoms with Crippen molar-refractivity contribution in [2.75, 3.05) is 13.1 Å². The van der Waals surface area contributed by atoms with Gasteiger partial charge in [0.15, 0.2) is 0 Å². The molecule has 0 aromatic heterocycles. The predicted molar refractivity (Wildman–Crippen MR) is 98.7 cm³/mol. The van der Waals surface area contributed by atoms with Gasteiger partial charge < -0.3 is 15.4 Å². The van der Waals surface area contributed by atoms with Crippen LogP contribution in [0.15, 0.2) is 47.7 Å². The third kappa shape index (κ3) is 4.54. The molecule has 8 heteroatoms. The van der Waals surface area contributed by atoms with Gasteiger partial charge in [-0.25, -0.2) is 9.79 Å². The van der Waals surface area contributed by atoms with Crippen LogP contribution in [0, 0.1) is 0 Å². The van der Waals surface area contributed by atoms with E-state index in [0.717, 1.165) is 12.0 Å². The topological polar surface area (TPSA) is 83.0 Å². The highest BCUT2D eigenvalue weighted by atomic mass is 35.5. The van der Waals surface area contributed by atoms with Crippen LogP contribution in [0.3, 0.4) is 0 Å².